The molecule has 3 rings (SSSR count). The van der Waals surface area contributed by atoms with Crippen LogP contribution < -0.4 is 0 Å². The maximum Gasteiger partial charge on any atom is 0.265 e. The van der Waals surface area contributed by atoms with Crippen LogP contribution in [0.15, 0.2) is 18.2 Å². The number of rotatable bonds is 4. The molecule has 134 valence electrons. The van der Waals surface area contributed by atoms with E-state index in [-0.39, 0.29) is 11.8 Å². The van der Waals surface area contributed by atoms with Gasteiger partial charge in [-0.15, -0.1) is 11.3 Å². The summed E-state index contributed by atoms with van der Waals surface area (Å²) in [4.78, 5) is 19.0. The summed E-state index contributed by atoms with van der Waals surface area (Å²) in [5.74, 6) is -1.69. The predicted molar refractivity (Wildman–Crippen MR) is 93.2 cm³/mol. The first-order valence-electron chi connectivity index (χ1n) is 7.57. The Morgan fingerprint density at radius 2 is 2.08 bits per heavy atom. The smallest absolute Gasteiger partial charge is 0.265 e. The number of aromatic nitrogens is 1. The molecule has 1 fully saturated rings. The fourth-order valence-electron chi connectivity index (χ4n) is 2.78. The number of benzene rings is 1. The lowest BCUT2D eigenvalue weighted by atomic mass is 10.0. The van der Waals surface area contributed by atoms with Gasteiger partial charge in [0.1, 0.15) is 9.88 Å². The monoisotopic (exact) mass is 385 g/mol. The highest BCUT2D eigenvalue weighted by atomic mass is 32.2. The number of aryl methyl sites for hydroxylation is 1. The van der Waals surface area contributed by atoms with E-state index >= 15 is 0 Å². The van der Waals surface area contributed by atoms with Crippen molar-refractivity contribution in [2.45, 2.75) is 6.92 Å². The van der Waals surface area contributed by atoms with Crippen LogP contribution in [0.2, 0.25) is 0 Å². The third-order valence-corrected chi connectivity index (χ3v) is 6.26. The molecule has 2 aromatic rings. The number of likely N-dealkylation sites (tertiary alicyclic amines) is 1. The van der Waals surface area contributed by atoms with E-state index in [0.717, 1.165) is 23.5 Å². The van der Waals surface area contributed by atoms with E-state index in [1.54, 1.807) is 11.8 Å². The minimum atomic E-state index is -2.56. The molecule has 25 heavy (non-hydrogen) atoms. The third kappa shape index (κ3) is 3.87. The van der Waals surface area contributed by atoms with E-state index in [1.165, 1.54) is 12.3 Å². The van der Waals surface area contributed by atoms with Crippen molar-refractivity contribution in [1.82, 2.24) is 9.88 Å². The molecule has 1 N–H and O–H groups in total. The van der Waals surface area contributed by atoms with Gasteiger partial charge in [-0.3, -0.25) is 13.8 Å². The summed E-state index contributed by atoms with van der Waals surface area (Å²) in [6.45, 7) is 2.65. The molecule has 0 spiro atoms. The van der Waals surface area contributed by atoms with Gasteiger partial charge in [0.15, 0.2) is 11.6 Å². The highest BCUT2D eigenvalue weighted by molar-refractivity contribution is 7.91. The zero-order chi connectivity index (χ0) is 18.4. The Balaban J connectivity index is 1.75. The molecule has 0 saturated carbocycles. The minimum Gasteiger partial charge on any atom is -0.337 e. The molecule has 1 aliphatic heterocycles. The maximum absolute atomic E-state index is 13.4. The van der Waals surface area contributed by atoms with E-state index < -0.39 is 21.4 Å². The molecule has 5 nitrogen and oxygen atoms in total. The van der Waals surface area contributed by atoms with Gasteiger partial charge in [-0.05, 0) is 25.1 Å². The van der Waals surface area contributed by atoms with Crippen LogP contribution in [0.4, 0.5) is 8.78 Å². The van der Waals surface area contributed by atoms with Gasteiger partial charge in [0.2, 0.25) is 0 Å². The summed E-state index contributed by atoms with van der Waals surface area (Å²) in [7, 11) is -2.56. The molecule has 1 unspecified atom stereocenters. The summed E-state index contributed by atoms with van der Waals surface area (Å²) in [5, 5.41) is 0.458. The second-order valence-corrected chi connectivity index (χ2v) is 9.65. The Kier molecular flexibility index (Phi) is 4.63. The van der Waals surface area contributed by atoms with Crippen LogP contribution in [0.3, 0.4) is 0 Å². The van der Waals surface area contributed by atoms with Crippen molar-refractivity contribution in [2.24, 2.45) is 5.92 Å². The Morgan fingerprint density at radius 3 is 2.68 bits per heavy atom. The van der Waals surface area contributed by atoms with Gasteiger partial charge in [-0.2, -0.15) is 0 Å². The molecule has 1 aromatic heterocycles. The third-order valence-electron chi connectivity index (χ3n) is 3.96. The van der Waals surface area contributed by atoms with Crippen molar-refractivity contribution in [3.63, 3.8) is 0 Å². The number of carbonyl (C=O) groups is 1. The van der Waals surface area contributed by atoms with Crippen molar-refractivity contribution in [2.75, 3.05) is 25.1 Å². The number of hydrogen-bond donors (Lipinski definition) is 1. The number of thiazole rings is 1. The van der Waals surface area contributed by atoms with E-state index in [2.05, 4.69) is 4.98 Å². The van der Waals surface area contributed by atoms with Gasteiger partial charge in [0, 0.05) is 46.3 Å². The van der Waals surface area contributed by atoms with E-state index in [1.807, 2.05) is 0 Å². The number of hydrogen-bond acceptors (Lipinski definition) is 5. The van der Waals surface area contributed by atoms with Crippen LogP contribution in [0, 0.1) is 29.3 Å². The van der Waals surface area contributed by atoms with Gasteiger partial charge in [0.25, 0.3) is 5.91 Å². The first-order chi connectivity index (χ1) is 11.6. The standard InChI is InChI=1S/C16H17F2N3O2S2/c1-9-14(16(22)21-6-10(7-21)8-25(2,19)23)24-15(20-9)11-3-4-12(17)13(18)5-11/h3-5,10,19H,6-8H2,1-2H3. The van der Waals surface area contributed by atoms with E-state index in [4.69, 9.17) is 4.78 Å². The van der Waals surface area contributed by atoms with Gasteiger partial charge in [-0.1, -0.05) is 0 Å². The number of carbonyl (C=O) groups excluding carboxylic acids is 1. The summed E-state index contributed by atoms with van der Waals surface area (Å²) >= 11 is 1.14. The Hall–Kier alpha value is -1.87. The van der Waals surface area contributed by atoms with Gasteiger partial charge >= 0.3 is 0 Å². The van der Waals surface area contributed by atoms with Crippen LogP contribution in [0.1, 0.15) is 15.4 Å². The number of amides is 1. The van der Waals surface area contributed by atoms with Crippen molar-refractivity contribution < 1.29 is 17.8 Å². The van der Waals surface area contributed by atoms with Crippen LogP contribution >= 0.6 is 11.3 Å². The van der Waals surface area contributed by atoms with Crippen molar-refractivity contribution in [3.05, 3.63) is 40.4 Å². The molecule has 9 heteroatoms. The van der Waals surface area contributed by atoms with Crippen LogP contribution in [-0.4, -0.2) is 45.1 Å². The SMILES string of the molecule is Cc1nc(-c2ccc(F)c(F)c2)sc1C(=O)N1CC(CS(C)(=N)=O)C1. The molecular weight excluding hydrogens is 368 g/mol. The van der Waals surface area contributed by atoms with Crippen LogP contribution in [0.5, 0.6) is 0 Å². The number of nitrogens with one attached hydrogen (secondary N) is 1. The minimum absolute atomic E-state index is 0.0813. The largest absolute Gasteiger partial charge is 0.337 e. The first kappa shape index (κ1) is 17.9. The zero-order valence-corrected chi connectivity index (χ0v) is 15.3. The average Bonchev–Trinajstić information content (AvgIpc) is 2.86. The highest BCUT2D eigenvalue weighted by Gasteiger charge is 2.34. The molecule has 1 saturated heterocycles. The van der Waals surface area contributed by atoms with Gasteiger partial charge in [-0.25, -0.2) is 13.8 Å². The van der Waals surface area contributed by atoms with Gasteiger partial charge < -0.3 is 4.90 Å². The fourth-order valence-corrected chi connectivity index (χ4v) is 4.92. The van der Waals surface area contributed by atoms with Crippen molar-refractivity contribution >= 4 is 27.0 Å². The molecular formula is C16H17F2N3O2S2. The van der Waals surface area contributed by atoms with Crippen molar-refractivity contribution in [1.29, 1.82) is 4.78 Å². The quantitative estimate of drug-likeness (QED) is 0.879. The Morgan fingerprint density at radius 1 is 1.40 bits per heavy atom. The molecule has 1 atom stereocenters. The van der Waals surface area contributed by atoms with Crippen molar-refractivity contribution in [3.8, 4) is 10.6 Å². The van der Waals surface area contributed by atoms with E-state index in [0.29, 0.717) is 40.0 Å². The van der Waals surface area contributed by atoms with E-state index in [9.17, 15) is 17.8 Å². The first-order valence-corrected chi connectivity index (χ1v) is 10.5. The fraction of sp³-hybridized carbons (Fsp3) is 0.375. The molecule has 1 aromatic carbocycles. The number of halogens is 2. The molecule has 2 heterocycles. The zero-order valence-electron chi connectivity index (χ0n) is 13.7. The number of nitrogens with zero attached hydrogens (tertiary/aromatic N) is 2. The second kappa shape index (κ2) is 6.45. The lowest BCUT2D eigenvalue weighted by Gasteiger charge is -2.39. The van der Waals surface area contributed by atoms with Crippen LogP contribution in [0.25, 0.3) is 10.6 Å². The summed E-state index contributed by atoms with van der Waals surface area (Å²) < 4.78 is 45.4. The molecule has 0 bridgehead atoms. The lowest BCUT2D eigenvalue weighted by molar-refractivity contribution is 0.0539. The van der Waals surface area contributed by atoms with Crippen LogP contribution in [-0.2, 0) is 9.73 Å². The molecule has 0 radical (unpaired) electrons. The summed E-state index contributed by atoms with van der Waals surface area (Å²) in [6.07, 6.45) is 1.40. The topological polar surface area (TPSA) is 74.1 Å². The highest BCUT2D eigenvalue weighted by Crippen LogP contribution is 2.31. The van der Waals surface area contributed by atoms with Gasteiger partial charge in [0.05, 0.1) is 5.69 Å². The summed E-state index contributed by atoms with van der Waals surface area (Å²) in [6, 6.07) is 3.52. The average molecular weight is 385 g/mol. The maximum atomic E-state index is 13.4. The second-order valence-electron chi connectivity index (χ2n) is 6.31. The normalized spacial score (nSPS) is 17.2. The summed E-state index contributed by atoms with van der Waals surface area (Å²) in [5.41, 5.74) is 0.963. The predicted octanol–water partition coefficient (Wildman–Crippen LogP) is 3.15. The molecule has 1 aliphatic rings. The Labute approximate surface area is 148 Å². The molecule has 1 amide bonds. The Bertz CT molecular complexity index is 935. The lowest BCUT2D eigenvalue weighted by Crippen LogP contribution is -2.52. The molecule has 0 aliphatic carbocycles.